The molecule has 0 aliphatic heterocycles. The third-order valence-corrected chi connectivity index (χ3v) is 3.08. The summed E-state index contributed by atoms with van der Waals surface area (Å²) < 4.78 is 10.4. The molecular weight excluding hydrogens is 326 g/mol. The van der Waals surface area contributed by atoms with Gasteiger partial charge in [-0.25, -0.2) is 0 Å². The Morgan fingerprint density at radius 3 is 3.00 bits per heavy atom. The third-order valence-electron chi connectivity index (χ3n) is 2.42. The Morgan fingerprint density at radius 2 is 2.35 bits per heavy atom. The highest BCUT2D eigenvalue weighted by Crippen LogP contribution is 2.24. The number of hydrogen-bond donors (Lipinski definition) is 1. The highest BCUT2D eigenvalue weighted by molar-refractivity contribution is 9.10. The molecular formula is C13H10BrN3O3. The lowest BCUT2D eigenvalue weighted by molar-refractivity contribution is 0.101. The van der Waals surface area contributed by atoms with E-state index in [-0.39, 0.29) is 12.3 Å². The second kappa shape index (κ2) is 6.32. The van der Waals surface area contributed by atoms with Crippen LogP contribution in [0.15, 0.2) is 33.3 Å². The number of halogens is 1. The fourth-order valence-electron chi connectivity index (χ4n) is 1.50. The number of nitrogens with one attached hydrogen (secondary N) is 1. The average Bonchev–Trinajstić information content (AvgIpc) is 2.90. The summed E-state index contributed by atoms with van der Waals surface area (Å²) >= 11 is 3.29. The zero-order valence-corrected chi connectivity index (χ0v) is 12.1. The molecule has 0 atom stereocenters. The van der Waals surface area contributed by atoms with Crippen LogP contribution in [0.2, 0.25) is 0 Å². The topological polar surface area (TPSA) is 88.1 Å². The third kappa shape index (κ3) is 3.23. The lowest BCUT2D eigenvalue weighted by Gasteiger charge is -2.05. The van der Waals surface area contributed by atoms with Gasteiger partial charge in [-0.3, -0.25) is 4.79 Å². The first-order valence-corrected chi connectivity index (χ1v) is 6.39. The molecule has 2 rings (SSSR count). The van der Waals surface area contributed by atoms with Gasteiger partial charge in [0.25, 0.3) is 5.91 Å². The van der Waals surface area contributed by atoms with Crippen molar-refractivity contribution in [3.8, 4) is 6.07 Å². The zero-order valence-electron chi connectivity index (χ0n) is 10.5. The van der Waals surface area contributed by atoms with Crippen molar-refractivity contribution in [2.75, 3.05) is 12.4 Å². The number of benzene rings is 1. The number of nitrogens with zero attached hydrogens (tertiary/aromatic N) is 2. The molecule has 0 saturated carbocycles. The van der Waals surface area contributed by atoms with Gasteiger partial charge in [0.15, 0.2) is 11.5 Å². The molecule has 0 aliphatic rings. The molecule has 1 amide bonds. The van der Waals surface area contributed by atoms with Crippen LogP contribution in [0.25, 0.3) is 0 Å². The Kier molecular flexibility index (Phi) is 4.50. The van der Waals surface area contributed by atoms with Gasteiger partial charge in [0, 0.05) is 17.6 Å². The molecule has 1 heterocycles. The maximum Gasteiger partial charge on any atom is 0.277 e. The smallest absolute Gasteiger partial charge is 0.277 e. The van der Waals surface area contributed by atoms with Crippen molar-refractivity contribution in [2.24, 2.45) is 0 Å². The van der Waals surface area contributed by atoms with Crippen LogP contribution in [-0.4, -0.2) is 18.2 Å². The van der Waals surface area contributed by atoms with Crippen LogP contribution >= 0.6 is 15.9 Å². The van der Waals surface area contributed by atoms with Crippen LogP contribution in [0, 0.1) is 11.3 Å². The number of methoxy groups -OCH3 is 1. The van der Waals surface area contributed by atoms with Gasteiger partial charge >= 0.3 is 0 Å². The van der Waals surface area contributed by atoms with Crippen LogP contribution < -0.4 is 5.32 Å². The number of rotatable bonds is 4. The maximum atomic E-state index is 12.0. The predicted octanol–water partition coefficient (Wildman–Crippen LogP) is 2.71. The molecule has 1 aromatic carbocycles. The maximum absolute atomic E-state index is 12.0. The monoisotopic (exact) mass is 335 g/mol. The number of carbonyl (C=O) groups excluding carboxylic acids is 1. The van der Waals surface area contributed by atoms with Crippen molar-refractivity contribution < 1.29 is 14.1 Å². The molecule has 0 aliphatic carbocycles. The lowest BCUT2D eigenvalue weighted by Crippen LogP contribution is -2.12. The molecule has 0 spiro atoms. The number of amides is 1. The second-order valence-corrected chi connectivity index (χ2v) is 4.73. The number of anilines is 1. The van der Waals surface area contributed by atoms with Crippen LogP contribution in [0.1, 0.15) is 21.8 Å². The number of nitriles is 1. The first-order valence-electron chi connectivity index (χ1n) is 5.59. The summed E-state index contributed by atoms with van der Waals surface area (Å²) in [6.45, 7) is 0.251. The lowest BCUT2D eigenvalue weighted by atomic mass is 10.2. The van der Waals surface area contributed by atoms with E-state index in [1.54, 1.807) is 18.2 Å². The molecule has 7 heteroatoms. The van der Waals surface area contributed by atoms with Gasteiger partial charge in [-0.05, 0) is 34.1 Å². The highest BCUT2D eigenvalue weighted by Gasteiger charge is 2.14. The van der Waals surface area contributed by atoms with Gasteiger partial charge in [0.05, 0.1) is 17.3 Å². The molecule has 20 heavy (non-hydrogen) atoms. The SMILES string of the molecule is COCc1cc(C(=O)Nc2ccc(C#N)cc2Br)no1. The van der Waals surface area contributed by atoms with Gasteiger partial charge in [0.1, 0.15) is 6.61 Å². The molecule has 0 unspecified atom stereocenters. The first kappa shape index (κ1) is 14.2. The molecule has 1 aromatic heterocycles. The summed E-state index contributed by atoms with van der Waals surface area (Å²) in [5.74, 6) is 0.0676. The molecule has 0 radical (unpaired) electrons. The first-order chi connectivity index (χ1) is 9.63. The molecule has 0 saturated heterocycles. The van der Waals surface area contributed by atoms with E-state index >= 15 is 0 Å². The van der Waals surface area contributed by atoms with E-state index in [9.17, 15) is 4.79 Å². The van der Waals surface area contributed by atoms with Crippen molar-refractivity contribution in [1.29, 1.82) is 5.26 Å². The Hall–Kier alpha value is -2.17. The van der Waals surface area contributed by atoms with E-state index < -0.39 is 5.91 Å². The Labute approximate surface area is 123 Å². The summed E-state index contributed by atoms with van der Waals surface area (Å²) in [7, 11) is 1.52. The van der Waals surface area contributed by atoms with E-state index in [1.165, 1.54) is 13.2 Å². The van der Waals surface area contributed by atoms with Gasteiger partial charge in [-0.1, -0.05) is 5.16 Å². The van der Waals surface area contributed by atoms with Crippen molar-refractivity contribution in [3.63, 3.8) is 0 Å². The van der Waals surface area contributed by atoms with Gasteiger partial charge in [-0.2, -0.15) is 5.26 Å². The van der Waals surface area contributed by atoms with Crippen LogP contribution in [0.4, 0.5) is 5.69 Å². The van der Waals surface area contributed by atoms with Crippen molar-refractivity contribution in [3.05, 3.63) is 45.8 Å². The second-order valence-electron chi connectivity index (χ2n) is 3.87. The Balaban J connectivity index is 2.13. The molecule has 6 nitrogen and oxygen atoms in total. The average molecular weight is 336 g/mol. The van der Waals surface area contributed by atoms with E-state index in [4.69, 9.17) is 14.5 Å². The largest absolute Gasteiger partial charge is 0.377 e. The van der Waals surface area contributed by atoms with Gasteiger partial charge in [-0.15, -0.1) is 0 Å². The van der Waals surface area contributed by atoms with Crippen LogP contribution in [0.3, 0.4) is 0 Å². The van der Waals surface area contributed by atoms with E-state index in [2.05, 4.69) is 26.4 Å². The highest BCUT2D eigenvalue weighted by atomic mass is 79.9. The van der Waals surface area contributed by atoms with Crippen LogP contribution in [0.5, 0.6) is 0 Å². The molecule has 0 fully saturated rings. The fourth-order valence-corrected chi connectivity index (χ4v) is 1.98. The summed E-state index contributed by atoms with van der Waals surface area (Å²) in [4.78, 5) is 12.0. The van der Waals surface area contributed by atoms with E-state index in [0.29, 0.717) is 21.5 Å². The summed E-state index contributed by atoms with van der Waals surface area (Å²) in [5, 5.41) is 15.1. The van der Waals surface area contributed by atoms with E-state index in [0.717, 1.165) is 0 Å². The minimum absolute atomic E-state index is 0.160. The van der Waals surface area contributed by atoms with Gasteiger partial charge < -0.3 is 14.6 Å². The standard InChI is InChI=1S/C13H10BrN3O3/c1-19-7-9-5-12(17-20-9)13(18)16-11-3-2-8(6-15)4-10(11)14/h2-5H,7H2,1H3,(H,16,18). The van der Waals surface area contributed by atoms with Gasteiger partial charge in [0.2, 0.25) is 0 Å². The van der Waals surface area contributed by atoms with Crippen molar-refractivity contribution in [1.82, 2.24) is 5.16 Å². The summed E-state index contributed by atoms with van der Waals surface area (Å²) in [6, 6.07) is 8.39. The molecule has 2 aromatic rings. The molecule has 0 bridgehead atoms. The summed E-state index contributed by atoms with van der Waals surface area (Å²) in [6.07, 6.45) is 0. The van der Waals surface area contributed by atoms with Crippen molar-refractivity contribution in [2.45, 2.75) is 6.61 Å². The minimum Gasteiger partial charge on any atom is -0.377 e. The number of carbonyl (C=O) groups is 1. The number of aromatic nitrogens is 1. The Bertz CT molecular complexity index is 676. The van der Waals surface area contributed by atoms with Crippen LogP contribution in [-0.2, 0) is 11.3 Å². The normalized spacial score (nSPS) is 10.1. The van der Waals surface area contributed by atoms with E-state index in [1.807, 2.05) is 6.07 Å². The zero-order chi connectivity index (χ0) is 14.5. The number of ether oxygens (including phenoxy) is 1. The fraction of sp³-hybridized carbons (Fsp3) is 0.154. The molecule has 102 valence electrons. The predicted molar refractivity (Wildman–Crippen MR) is 74.0 cm³/mol. The molecule has 1 N–H and O–H groups in total. The number of hydrogen-bond acceptors (Lipinski definition) is 5. The quantitative estimate of drug-likeness (QED) is 0.927. The summed E-state index contributed by atoms with van der Waals surface area (Å²) in [5.41, 5.74) is 1.21. The van der Waals surface area contributed by atoms with Crippen molar-refractivity contribution >= 4 is 27.5 Å². The minimum atomic E-state index is -0.401. The Morgan fingerprint density at radius 1 is 1.55 bits per heavy atom.